The van der Waals surface area contributed by atoms with Crippen LogP contribution in [-0.2, 0) is 9.59 Å². The molecular formula is C18H25NO5. The largest absolute Gasteiger partial charge is 0.497 e. The first kappa shape index (κ1) is 19.7. The van der Waals surface area contributed by atoms with Crippen molar-refractivity contribution in [3.8, 4) is 5.75 Å². The van der Waals surface area contributed by atoms with Crippen LogP contribution in [-0.4, -0.2) is 35.4 Å². The summed E-state index contributed by atoms with van der Waals surface area (Å²) in [6.07, 6.45) is 1.03. The summed E-state index contributed by atoms with van der Waals surface area (Å²) < 4.78 is 5.03. The third kappa shape index (κ3) is 5.68. The summed E-state index contributed by atoms with van der Waals surface area (Å²) in [6.45, 7) is 3.68. The first-order valence-corrected chi connectivity index (χ1v) is 8.06. The van der Waals surface area contributed by atoms with Gasteiger partial charge >= 0.3 is 5.97 Å². The van der Waals surface area contributed by atoms with E-state index in [-0.39, 0.29) is 31.0 Å². The van der Waals surface area contributed by atoms with Gasteiger partial charge in [0.15, 0.2) is 5.78 Å². The lowest BCUT2D eigenvalue weighted by atomic mass is 9.88. The number of carbonyl (C=O) groups excluding carboxylic acids is 2. The molecule has 0 aromatic heterocycles. The minimum Gasteiger partial charge on any atom is -0.497 e. The fraction of sp³-hybridized carbons (Fsp3) is 0.500. The molecule has 24 heavy (non-hydrogen) atoms. The second kappa shape index (κ2) is 9.05. The number of amides is 1. The van der Waals surface area contributed by atoms with Crippen LogP contribution in [0, 0.1) is 0 Å². The van der Waals surface area contributed by atoms with E-state index < -0.39 is 11.5 Å². The maximum atomic E-state index is 12.1. The van der Waals surface area contributed by atoms with E-state index in [1.165, 1.54) is 0 Å². The quantitative estimate of drug-likeness (QED) is 0.641. The van der Waals surface area contributed by atoms with E-state index in [1.54, 1.807) is 31.4 Å². The molecule has 1 aromatic carbocycles. The smallest absolute Gasteiger partial charge is 0.305 e. The molecule has 0 aliphatic carbocycles. The summed E-state index contributed by atoms with van der Waals surface area (Å²) in [7, 11) is 1.55. The second-order valence-electron chi connectivity index (χ2n) is 5.76. The SMILES string of the molecule is CCC(CC)(CC(=O)O)NC(=O)CCC(=O)c1ccc(OC)cc1. The summed E-state index contributed by atoms with van der Waals surface area (Å²) in [4.78, 5) is 35.2. The average molecular weight is 335 g/mol. The van der Waals surface area contributed by atoms with Crippen molar-refractivity contribution in [3.63, 3.8) is 0 Å². The number of rotatable bonds is 10. The lowest BCUT2D eigenvalue weighted by Gasteiger charge is -2.31. The Bertz CT molecular complexity index is 576. The van der Waals surface area contributed by atoms with Gasteiger partial charge in [0.05, 0.1) is 13.5 Å². The predicted molar refractivity (Wildman–Crippen MR) is 90.3 cm³/mol. The number of hydrogen-bond acceptors (Lipinski definition) is 4. The van der Waals surface area contributed by atoms with Crippen molar-refractivity contribution >= 4 is 17.7 Å². The highest BCUT2D eigenvalue weighted by atomic mass is 16.5. The van der Waals surface area contributed by atoms with Crippen LogP contribution in [0.25, 0.3) is 0 Å². The molecule has 1 amide bonds. The molecule has 1 rings (SSSR count). The first-order chi connectivity index (χ1) is 11.4. The van der Waals surface area contributed by atoms with Crippen molar-refractivity contribution in [2.45, 2.75) is 51.5 Å². The Morgan fingerprint density at radius 3 is 2.12 bits per heavy atom. The third-order valence-corrected chi connectivity index (χ3v) is 4.24. The van der Waals surface area contributed by atoms with Gasteiger partial charge in [-0.05, 0) is 37.1 Å². The fourth-order valence-electron chi connectivity index (χ4n) is 2.52. The third-order valence-electron chi connectivity index (χ3n) is 4.24. The molecule has 0 aliphatic rings. The fourth-order valence-corrected chi connectivity index (χ4v) is 2.52. The van der Waals surface area contributed by atoms with E-state index in [2.05, 4.69) is 5.32 Å². The Hall–Kier alpha value is -2.37. The summed E-state index contributed by atoms with van der Waals surface area (Å²) in [6, 6.07) is 6.70. The van der Waals surface area contributed by atoms with Crippen LogP contribution in [0.3, 0.4) is 0 Å². The molecule has 0 unspecified atom stereocenters. The molecule has 0 atom stereocenters. The minimum atomic E-state index is -0.951. The predicted octanol–water partition coefficient (Wildman–Crippen LogP) is 2.81. The van der Waals surface area contributed by atoms with Crippen LogP contribution >= 0.6 is 0 Å². The highest BCUT2D eigenvalue weighted by Crippen LogP contribution is 2.20. The van der Waals surface area contributed by atoms with E-state index in [0.717, 1.165) is 0 Å². The molecule has 0 fully saturated rings. The molecule has 0 aliphatic heterocycles. The number of ether oxygens (including phenoxy) is 1. The van der Waals surface area contributed by atoms with Gasteiger partial charge in [-0.2, -0.15) is 0 Å². The zero-order valence-electron chi connectivity index (χ0n) is 14.4. The number of benzene rings is 1. The maximum Gasteiger partial charge on any atom is 0.305 e. The molecule has 0 heterocycles. The van der Waals surface area contributed by atoms with Crippen molar-refractivity contribution in [1.29, 1.82) is 0 Å². The molecule has 0 spiro atoms. The second-order valence-corrected chi connectivity index (χ2v) is 5.76. The van der Waals surface area contributed by atoms with Crippen molar-refractivity contribution in [3.05, 3.63) is 29.8 Å². The molecule has 0 bridgehead atoms. The van der Waals surface area contributed by atoms with Gasteiger partial charge < -0.3 is 15.2 Å². The Labute approximate surface area is 142 Å². The number of nitrogens with one attached hydrogen (secondary N) is 1. The highest BCUT2D eigenvalue weighted by Gasteiger charge is 2.30. The summed E-state index contributed by atoms with van der Waals surface area (Å²) in [5.41, 5.74) is -0.238. The van der Waals surface area contributed by atoms with Gasteiger partial charge in [-0.15, -0.1) is 0 Å². The van der Waals surface area contributed by atoms with E-state index >= 15 is 0 Å². The van der Waals surface area contributed by atoms with Gasteiger partial charge in [-0.3, -0.25) is 14.4 Å². The molecule has 132 valence electrons. The lowest BCUT2D eigenvalue weighted by molar-refractivity contribution is -0.139. The molecule has 6 nitrogen and oxygen atoms in total. The van der Waals surface area contributed by atoms with Crippen LogP contribution in [0.1, 0.15) is 56.3 Å². The molecule has 6 heteroatoms. The Morgan fingerprint density at radius 1 is 1.08 bits per heavy atom. The first-order valence-electron chi connectivity index (χ1n) is 8.06. The molecule has 0 radical (unpaired) electrons. The number of aliphatic carboxylic acids is 1. The summed E-state index contributed by atoms with van der Waals surface area (Å²) in [5, 5.41) is 11.8. The van der Waals surface area contributed by atoms with Crippen molar-refractivity contribution in [2.24, 2.45) is 0 Å². The maximum absolute atomic E-state index is 12.1. The Kier molecular flexibility index (Phi) is 7.42. The van der Waals surface area contributed by atoms with Crippen LogP contribution < -0.4 is 10.1 Å². The van der Waals surface area contributed by atoms with Gasteiger partial charge in [0, 0.05) is 23.9 Å². The van der Waals surface area contributed by atoms with Gasteiger partial charge in [-0.1, -0.05) is 13.8 Å². The van der Waals surface area contributed by atoms with E-state index in [1.807, 2.05) is 13.8 Å². The van der Waals surface area contributed by atoms with E-state index in [9.17, 15) is 14.4 Å². The summed E-state index contributed by atoms with van der Waals surface area (Å²) >= 11 is 0. The minimum absolute atomic E-state index is 0.0340. The van der Waals surface area contributed by atoms with Gasteiger partial charge in [0.2, 0.25) is 5.91 Å². The molecule has 0 saturated heterocycles. The monoisotopic (exact) mass is 335 g/mol. The van der Waals surface area contributed by atoms with Crippen molar-refractivity contribution < 1.29 is 24.2 Å². The summed E-state index contributed by atoms with van der Waals surface area (Å²) in [5.74, 6) is -0.728. The highest BCUT2D eigenvalue weighted by molar-refractivity contribution is 5.98. The number of Topliss-reactive ketones (excluding diaryl/α,β-unsaturated/α-hetero) is 1. The number of carboxylic acids is 1. The number of hydrogen-bond donors (Lipinski definition) is 2. The standard InChI is InChI=1S/C18H25NO5/c1-4-18(5-2,12-17(22)23)19-16(21)11-10-15(20)13-6-8-14(24-3)9-7-13/h6-9H,4-5,10-12H2,1-3H3,(H,19,21)(H,22,23). The van der Waals surface area contributed by atoms with Crippen molar-refractivity contribution in [1.82, 2.24) is 5.32 Å². The normalized spacial score (nSPS) is 11.0. The Balaban J connectivity index is 2.60. The number of ketones is 1. The van der Waals surface area contributed by atoms with Crippen LogP contribution in [0.4, 0.5) is 0 Å². The number of carbonyl (C=O) groups is 3. The van der Waals surface area contributed by atoms with Gasteiger partial charge in [0.1, 0.15) is 5.75 Å². The van der Waals surface area contributed by atoms with E-state index in [0.29, 0.717) is 24.2 Å². The van der Waals surface area contributed by atoms with Crippen LogP contribution in [0.15, 0.2) is 24.3 Å². The lowest BCUT2D eigenvalue weighted by Crippen LogP contribution is -2.49. The van der Waals surface area contributed by atoms with Crippen LogP contribution in [0.5, 0.6) is 5.75 Å². The average Bonchev–Trinajstić information content (AvgIpc) is 2.58. The molecule has 2 N–H and O–H groups in total. The molecule has 1 aromatic rings. The Morgan fingerprint density at radius 2 is 1.67 bits per heavy atom. The zero-order chi connectivity index (χ0) is 18.2. The number of methoxy groups -OCH3 is 1. The number of carboxylic acid groups (broad SMARTS) is 1. The van der Waals surface area contributed by atoms with Gasteiger partial charge in [-0.25, -0.2) is 0 Å². The van der Waals surface area contributed by atoms with Crippen molar-refractivity contribution in [2.75, 3.05) is 7.11 Å². The van der Waals surface area contributed by atoms with Gasteiger partial charge in [0.25, 0.3) is 0 Å². The van der Waals surface area contributed by atoms with E-state index in [4.69, 9.17) is 9.84 Å². The molecule has 0 saturated carbocycles. The van der Waals surface area contributed by atoms with Crippen LogP contribution in [0.2, 0.25) is 0 Å². The molecular weight excluding hydrogens is 310 g/mol. The zero-order valence-corrected chi connectivity index (χ0v) is 14.4. The topological polar surface area (TPSA) is 92.7 Å².